The maximum atomic E-state index is 10.1. The number of aliphatic hydroxyl groups is 1. The second-order valence-electron chi connectivity index (χ2n) is 7.14. The predicted octanol–water partition coefficient (Wildman–Crippen LogP) is 2.25. The predicted molar refractivity (Wildman–Crippen MR) is 77.8 cm³/mol. The Morgan fingerprint density at radius 1 is 1.39 bits per heavy atom. The third-order valence-electron chi connectivity index (χ3n) is 3.98. The van der Waals surface area contributed by atoms with Crippen molar-refractivity contribution in [1.29, 1.82) is 0 Å². The molecular weight excluding hydrogens is 224 g/mol. The molecule has 18 heavy (non-hydrogen) atoms. The maximum absolute atomic E-state index is 10.1. The van der Waals surface area contributed by atoms with E-state index in [1.807, 2.05) is 6.92 Å². The van der Waals surface area contributed by atoms with Crippen molar-refractivity contribution in [3.8, 4) is 0 Å². The van der Waals surface area contributed by atoms with E-state index in [9.17, 15) is 5.11 Å². The zero-order chi connectivity index (χ0) is 13.8. The van der Waals surface area contributed by atoms with E-state index in [1.54, 1.807) is 0 Å². The van der Waals surface area contributed by atoms with Gasteiger partial charge in [0, 0.05) is 12.6 Å². The van der Waals surface area contributed by atoms with Crippen molar-refractivity contribution in [2.45, 2.75) is 65.5 Å². The van der Waals surface area contributed by atoms with Crippen LogP contribution in [0.25, 0.3) is 0 Å². The van der Waals surface area contributed by atoms with Crippen molar-refractivity contribution in [2.75, 3.05) is 26.2 Å². The molecule has 0 saturated carbocycles. The lowest BCUT2D eigenvalue weighted by Crippen LogP contribution is -2.48. The molecule has 2 N–H and O–H groups in total. The summed E-state index contributed by atoms with van der Waals surface area (Å²) in [5.41, 5.74) is -0.179. The van der Waals surface area contributed by atoms with Gasteiger partial charge in [0.25, 0.3) is 0 Å². The molecule has 2 unspecified atom stereocenters. The van der Waals surface area contributed by atoms with E-state index < -0.39 is 5.60 Å². The second-order valence-corrected chi connectivity index (χ2v) is 7.14. The van der Waals surface area contributed by atoms with Gasteiger partial charge in [-0.1, -0.05) is 27.7 Å². The Kier molecular flexibility index (Phi) is 5.63. The Hall–Kier alpha value is -0.120. The summed E-state index contributed by atoms with van der Waals surface area (Å²) in [5.74, 6) is 0. The minimum absolute atomic E-state index is 0.300. The minimum Gasteiger partial charge on any atom is -0.389 e. The highest BCUT2D eigenvalue weighted by Crippen LogP contribution is 2.24. The van der Waals surface area contributed by atoms with Crippen LogP contribution < -0.4 is 5.32 Å². The van der Waals surface area contributed by atoms with E-state index >= 15 is 0 Å². The summed E-state index contributed by atoms with van der Waals surface area (Å²) >= 11 is 0. The fraction of sp³-hybridized carbons (Fsp3) is 1.00. The Balaban J connectivity index is 2.42. The number of nitrogens with zero attached hydrogens (tertiary/aromatic N) is 1. The lowest BCUT2D eigenvalue weighted by Gasteiger charge is -2.39. The standard InChI is InChI=1S/C15H32N2O/c1-6-16-13(14(2,3)4)8-11-17-10-7-9-15(5,18)12-17/h13,16,18H,6-12H2,1-5H3. The van der Waals surface area contributed by atoms with Gasteiger partial charge in [-0.05, 0) is 51.2 Å². The minimum atomic E-state index is -0.479. The van der Waals surface area contributed by atoms with Gasteiger partial charge in [-0.25, -0.2) is 0 Å². The quantitative estimate of drug-likeness (QED) is 0.792. The highest BCUT2D eigenvalue weighted by atomic mass is 16.3. The number of β-amino-alcohol motifs (C(OH)–C–C–N with tert-alkyl or cyclic N) is 1. The van der Waals surface area contributed by atoms with Crippen LogP contribution >= 0.6 is 0 Å². The molecule has 1 aliphatic heterocycles. The van der Waals surface area contributed by atoms with Gasteiger partial charge in [0.2, 0.25) is 0 Å². The monoisotopic (exact) mass is 256 g/mol. The van der Waals surface area contributed by atoms with Crippen LogP contribution in [-0.4, -0.2) is 47.8 Å². The van der Waals surface area contributed by atoms with Gasteiger partial charge in [-0.15, -0.1) is 0 Å². The summed E-state index contributed by atoms with van der Waals surface area (Å²) in [6.07, 6.45) is 3.22. The van der Waals surface area contributed by atoms with Crippen molar-refractivity contribution >= 4 is 0 Å². The average Bonchev–Trinajstić information content (AvgIpc) is 2.21. The van der Waals surface area contributed by atoms with Crippen LogP contribution in [0, 0.1) is 5.41 Å². The normalized spacial score (nSPS) is 28.3. The van der Waals surface area contributed by atoms with Gasteiger partial charge >= 0.3 is 0 Å². The van der Waals surface area contributed by atoms with Crippen LogP contribution in [0.5, 0.6) is 0 Å². The van der Waals surface area contributed by atoms with Gasteiger partial charge in [-0.3, -0.25) is 0 Å². The molecule has 108 valence electrons. The first-order valence-corrected chi connectivity index (χ1v) is 7.43. The number of likely N-dealkylation sites (tertiary alicyclic amines) is 1. The number of nitrogens with one attached hydrogen (secondary N) is 1. The fourth-order valence-electron chi connectivity index (χ4n) is 2.91. The molecule has 0 radical (unpaired) electrons. The fourth-order valence-corrected chi connectivity index (χ4v) is 2.91. The van der Waals surface area contributed by atoms with E-state index in [-0.39, 0.29) is 0 Å². The first kappa shape index (κ1) is 15.9. The average molecular weight is 256 g/mol. The van der Waals surface area contributed by atoms with E-state index in [2.05, 4.69) is 37.9 Å². The summed E-state index contributed by atoms with van der Waals surface area (Å²) in [5, 5.41) is 13.7. The topological polar surface area (TPSA) is 35.5 Å². The Labute approximate surface area is 113 Å². The van der Waals surface area contributed by atoms with E-state index in [0.29, 0.717) is 11.5 Å². The Bertz CT molecular complexity index is 245. The molecule has 3 heteroatoms. The number of rotatable bonds is 5. The Morgan fingerprint density at radius 2 is 2.06 bits per heavy atom. The first-order valence-electron chi connectivity index (χ1n) is 7.43. The zero-order valence-electron chi connectivity index (χ0n) is 12.9. The molecule has 1 heterocycles. The highest BCUT2D eigenvalue weighted by molar-refractivity contribution is 4.85. The molecule has 1 fully saturated rings. The van der Waals surface area contributed by atoms with Gasteiger partial charge in [0.15, 0.2) is 0 Å². The van der Waals surface area contributed by atoms with Gasteiger partial charge in [-0.2, -0.15) is 0 Å². The van der Waals surface area contributed by atoms with E-state index in [0.717, 1.165) is 45.4 Å². The number of hydrogen-bond donors (Lipinski definition) is 2. The first-order chi connectivity index (χ1) is 8.24. The largest absolute Gasteiger partial charge is 0.389 e. The van der Waals surface area contributed by atoms with Crippen molar-refractivity contribution < 1.29 is 5.11 Å². The summed E-state index contributed by atoms with van der Waals surface area (Å²) < 4.78 is 0. The second kappa shape index (κ2) is 6.36. The maximum Gasteiger partial charge on any atom is 0.0746 e. The van der Waals surface area contributed by atoms with E-state index in [1.165, 1.54) is 0 Å². The summed E-state index contributed by atoms with van der Waals surface area (Å²) in [6.45, 7) is 15.1. The SMILES string of the molecule is CCNC(CCN1CCCC(C)(O)C1)C(C)(C)C. The molecule has 2 atom stereocenters. The summed E-state index contributed by atoms with van der Waals surface area (Å²) in [4.78, 5) is 2.42. The highest BCUT2D eigenvalue weighted by Gasteiger charge is 2.29. The van der Waals surface area contributed by atoms with E-state index in [4.69, 9.17) is 0 Å². The molecule has 0 amide bonds. The van der Waals surface area contributed by atoms with Crippen LogP contribution in [-0.2, 0) is 0 Å². The molecule has 1 aliphatic rings. The molecule has 0 spiro atoms. The molecule has 0 aromatic carbocycles. The van der Waals surface area contributed by atoms with Gasteiger partial charge in [0.1, 0.15) is 0 Å². The van der Waals surface area contributed by atoms with Crippen LogP contribution in [0.2, 0.25) is 0 Å². The molecular formula is C15H32N2O. The van der Waals surface area contributed by atoms with Crippen molar-refractivity contribution in [3.05, 3.63) is 0 Å². The van der Waals surface area contributed by atoms with Crippen molar-refractivity contribution in [2.24, 2.45) is 5.41 Å². The summed E-state index contributed by atoms with van der Waals surface area (Å²) in [6, 6.07) is 0.550. The lowest BCUT2D eigenvalue weighted by atomic mass is 9.84. The van der Waals surface area contributed by atoms with Gasteiger partial charge in [0.05, 0.1) is 5.60 Å². The smallest absolute Gasteiger partial charge is 0.0746 e. The van der Waals surface area contributed by atoms with Gasteiger partial charge < -0.3 is 15.3 Å². The lowest BCUT2D eigenvalue weighted by molar-refractivity contribution is -0.0173. The number of piperidine rings is 1. The molecule has 1 rings (SSSR count). The molecule has 0 aliphatic carbocycles. The third-order valence-corrected chi connectivity index (χ3v) is 3.98. The van der Waals surface area contributed by atoms with Crippen molar-refractivity contribution in [1.82, 2.24) is 10.2 Å². The molecule has 0 aromatic heterocycles. The summed E-state index contributed by atoms with van der Waals surface area (Å²) in [7, 11) is 0. The third kappa shape index (κ3) is 5.25. The van der Waals surface area contributed by atoms with Crippen LogP contribution in [0.15, 0.2) is 0 Å². The van der Waals surface area contributed by atoms with Crippen LogP contribution in [0.3, 0.4) is 0 Å². The molecule has 0 aromatic rings. The van der Waals surface area contributed by atoms with Crippen LogP contribution in [0.4, 0.5) is 0 Å². The molecule has 1 saturated heterocycles. The van der Waals surface area contributed by atoms with Crippen LogP contribution in [0.1, 0.15) is 53.9 Å². The van der Waals surface area contributed by atoms with Crippen molar-refractivity contribution in [3.63, 3.8) is 0 Å². The Morgan fingerprint density at radius 3 is 2.56 bits per heavy atom. The number of hydrogen-bond acceptors (Lipinski definition) is 3. The zero-order valence-corrected chi connectivity index (χ0v) is 12.9. The molecule has 0 bridgehead atoms. The molecule has 3 nitrogen and oxygen atoms in total.